The average molecular weight is 250 g/mol. The molecule has 0 aliphatic rings. The molecule has 0 saturated carbocycles. The van der Waals surface area contributed by atoms with Crippen molar-refractivity contribution < 1.29 is 0 Å². The van der Waals surface area contributed by atoms with Crippen LogP contribution in [0.25, 0.3) is 0 Å². The lowest BCUT2D eigenvalue weighted by molar-refractivity contribution is 0.639. The third kappa shape index (κ3) is 2.65. The first-order valence-corrected chi connectivity index (χ1v) is 5.56. The van der Waals surface area contributed by atoms with E-state index < -0.39 is 0 Å². The minimum absolute atomic E-state index is 0.148. The van der Waals surface area contributed by atoms with Gasteiger partial charge in [0.2, 0.25) is 0 Å². The fourth-order valence-electron chi connectivity index (χ4n) is 1.55. The first-order valence-electron chi connectivity index (χ1n) is 5.18. The average Bonchev–Trinajstić information content (AvgIpc) is 2.62. The Bertz CT molecular complexity index is 585. The Morgan fingerprint density at radius 3 is 3.00 bits per heavy atom. The van der Waals surface area contributed by atoms with Crippen LogP contribution in [0.5, 0.6) is 0 Å². The molecule has 0 amide bonds. The van der Waals surface area contributed by atoms with Crippen LogP contribution in [-0.2, 0) is 13.1 Å². The van der Waals surface area contributed by atoms with Gasteiger partial charge in [-0.3, -0.25) is 4.57 Å². The van der Waals surface area contributed by atoms with E-state index in [1.54, 1.807) is 12.1 Å². The SMILES string of the molecule is C=CCn1cnn(Cc2cccc(Cl)c2)c1=O. The van der Waals surface area contributed by atoms with Gasteiger partial charge in [0.15, 0.2) is 0 Å². The number of hydrogen-bond donors (Lipinski definition) is 0. The highest BCUT2D eigenvalue weighted by molar-refractivity contribution is 6.30. The van der Waals surface area contributed by atoms with Crippen LogP contribution in [0.1, 0.15) is 5.56 Å². The largest absolute Gasteiger partial charge is 0.346 e. The summed E-state index contributed by atoms with van der Waals surface area (Å²) in [5, 5.41) is 4.69. The maximum atomic E-state index is 11.8. The Labute approximate surface area is 104 Å². The molecule has 17 heavy (non-hydrogen) atoms. The second-order valence-electron chi connectivity index (χ2n) is 3.64. The van der Waals surface area contributed by atoms with Gasteiger partial charge < -0.3 is 0 Å². The van der Waals surface area contributed by atoms with Gasteiger partial charge in [0.05, 0.1) is 6.54 Å². The summed E-state index contributed by atoms with van der Waals surface area (Å²) >= 11 is 5.88. The zero-order valence-corrected chi connectivity index (χ0v) is 9.97. The molecule has 0 atom stereocenters. The molecule has 1 aromatic carbocycles. The molecule has 1 aromatic heterocycles. The number of rotatable bonds is 4. The minimum atomic E-state index is -0.148. The van der Waals surface area contributed by atoms with E-state index in [9.17, 15) is 4.79 Å². The monoisotopic (exact) mass is 249 g/mol. The van der Waals surface area contributed by atoms with Gasteiger partial charge in [0, 0.05) is 11.6 Å². The number of nitrogens with zero attached hydrogens (tertiary/aromatic N) is 3. The Balaban J connectivity index is 2.25. The molecule has 0 aliphatic carbocycles. The number of aromatic nitrogens is 3. The fourth-order valence-corrected chi connectivity index (χ4v) is 1.77. The summed E-state index contributed by atoms with van der Waals surface area (Å²) in [6.45, 7) is 4.47. The summed E-state index contributed by atoms with van der Waals surface area (Å²) in [5.41, 5.74) is 0.799. The van der Waals surface area contributed by atoms with E-state index >= 15 is 0 Å². The van der Waals surface area contributed by atoms with Gasteiger partial charge in [-0.2, -0.15) is 5.10 Å². The van der Waals surface area contributed by atoms with E-state index in [1.165, 1.54) is 15.6 Å². The summed E-state index contributed by atoms with van der Waals surface area (Å²) in [6.07, 6.45) is 3.17. The van der Waals surface area contributed by atoms with Crippen molar-refractivity contribution in [1.29, 1.82) is 0 Å². The Kier molecular flexibility index (Phi) is 3.44. The van der Waals surface area contributed by atoms with E-state index in [2.05, 4.69) is 11.7 Å². The topological polar surface area (TPSA) is 39.8 Å². The maximum Gasteiger partial charge on any atom is 0.346 e. The quantitative estimate of drug-likeness (QED) is 0.777. The van der Waals surface area contributed by atoms with E-state index in [1.807, 2.05) is 18.2 Å². The smallest absolute Gasteiger partial charge is 0.278 e. The lowest BCUT2D eigenvalue weighted by Crippen LogP contribution is -2.24. The number of hydrogen-bond acceptors (Lipinski definition) is 2. The highest BCUT2D eigenvalue weighted by atomic mass is 35.5. The van der Waals surface area contributed by atoms with Gasteiger partial charge in [0.25, 0.3) is 0 Å². The Morgan fingerprint density at radius 1 is 1.47 bits per heavy atom. The molecular weight excluding hydrogens is 238 g/mol. The molecule has 2 aromatic rings. The molecule has 88 valence electrons. The van der Waals surface area contributed by atoms with Crippen LogP contribution in [0.4, 0.5) is 0 Å². The van der Waals surface area contributed by atoms with Crippen LogP contribution in [0, 0.1) is 0 Å². The van der Waals surface area contributed by atoms with E-state index in [0.29, 0.717) is 18.1 Å². The predicted octanol–water partition coefficient (Wildman–Crippen LogP) is 1.93. The first-order chi connectivity index (χ1) is 8.20. The molecule has 0 unspecified atom stereocenters. The zero-order chi connectivity index (χ0) is 12.3. The highest BCUT2D eigenvalue weighted by Crippen LogP contribution is 2.10. The first kappa shape index (κ1) is 11.7. The minimum Gasteiger partial charge on any atom is -0.278 e. The van der Waals surface area contributed by atoms with E-state index in [0.717, 1.165) is 5.56 Å². The van der Waals surface area contributed by atoms with Gasteiger partial charge in [-0.15, -0.1) is 6.58 Å². The molecule has 4 nitrogen and oxygen atoms in total. The third-order valence-electron chi connectivity index (χ3n) is 2.34. The Hall–Kier alpha value is -1.81. The lowest BCUT2D eigenvalue weighted by atomic mass is 10.2. The van der Waals surface area contributed by atoms with Crippen molar-refractivity contribution in [3.63, 3.8) is 0 Å². The van der Waals surface area contributed by atoms with Crippen molar-refractivity contribution in [1.82, 2.24) is 14.3 Å². The van der Waals surface area contributed by atoms with Crippen molar-refractivity contribution in [3.05, 3.63) is 64.3 Å². The molecular formula is C12H12ClN3O. The molecule has 0 N–H and O–H groups in total. The highest BCUT2D eigenvalue weighted by Gasteiger charge is 2.04. The fraction of sp³-hybridized carbons (Fsp3) is 0.167. The van der Waals surface area contributed by atoms with Gasteiger partial charge in [-0.05, 0) is 17.7 Å². The molecule has 2 rings (SSSR count). The summed E-state index contributed by atoms with van der Waals surface area (Å²) < 4.78 is 2.90. The second kappa shape index (κ2) is 5.01. The van der Waals surface area contributed by atoms with Crippen molar-refractivity contribution in [2.45, 2.75) is 13.1 Å². The van der Waals surface area contributed by atoms with Crippen molar-refractivity contribution in [2.75, 3.05) is 0 Å². The molecule has 0 bridgehead atoms. The van der Waals surface area contributed by atoms with Gasteiger partial charge in [-0.1, -0.05) is 29.8 Å². The lowest BCUT2D eigenvalue weighted by Gasteiger charge is -2.00. The molecule has 0 aliphatic heterocycles. The van der Waals surface area contributed by atoms with Gasteiger partial charge in [0.1, 0.15) is 6.33 Å². The molecule has 5 heteroatoms. The summed E-state index contributed by atoms with van der Waals surface area (Å²) in [7, 11) is 0. The van der Waals surface area contributed by atoms with Crippen LogP contribution in [-0.4, -0.2) is 14.3 Å². The molecule has 0 saturated heterocycles. The van der Waals surface area contributed by atoms with Crippen LogP contribution >= 0.6 is 11.6 Å². The van der Waals surface area contributed by atoms with Crippen LogP contribution in [0.2, 0.25) is 5.02 Å². The van der Waals surface area contributed by atoms with E-state index in [-0.39, 0.29) is 5.69 Å². The number of allylic oxidation sites excluding steroid dienone is 1. The molecule has 1 heterocycles. The number of benzene rings is 1. The predicted molar refractivity (Wildman–Crippen MR) is 67.2 cm³/mol. The normalized spacial score (nSPS) is 10.4. The van der Waals surface area contributed by atoms with Gasteiger partial charge >= 0.3 is 5.69 Å². The Morgan fingerprint density at radius 2 is 2.29 bits per heavy atom. The molecule has 0 radical (unpaired) electrons. The molecule has 0 spiro atoms. The second-order valence-corrected chi connectivity index (χ2v) is 4.08. The van der Waals surface area contributed by atoms with Crippen molar-refractivity contribution >= 4 is 11.6 Å². The summed E-state index contributed by atoms with van der Waals surface area (Å²) in [4.78, 5) is 11.8. The maximum absolute atomic E-state index is 11.8. The molecule has 0 fully saturated rings. The van der Waals surface area contributed by atoms with E-state index in [4.69, 9.17) is 11.6 Å². The van der Waals surface area contributed by atoms with Crippen LogP contribution in [0.3, 0.4) is 0 Å². The van der Waals surface area contributed by atoms with Crippen LogP contribution < -0.4 is 5.69 Å². The van der Waals surface area contributed by atoms with Crippen molar-refractivity contribution in [2.24, 2.45) is 0 Å². The van der Waals surface area contributed by atoms with Crippen LogP contribution in [0.15, 0.2) is 48.0 Å². The third-order valence-corrected chi connectivity index (χ3v) is 2.58. The van der Waals surface area contributed by atoms with Gasteiger partial charge in [-0.25, -0.2) is 9.48 Å². The summed E-state index contributed by atoms with van der Waals surface area (Å²) in [6, 6.07) is 7.37. The van der Waals surface area contributed by atoms with Crippen molar-refractivity contribution in [3.8, 4) is 0 Å². The summed E-state index contributed by atoms with van der Waals surface area (Å²) in [5.74, 6) is 0. The zero-order valence-electron chi connectivity index (χ0n) is 9.21. The number of halogens is 1. The standard InChI is InChI=1S/C12H12ClN3O/c1-2-6-15-9-14-16(12(15)17)8-10-4-3-5-11(13)7-10/h2-5,7,9H,1,6,8H2.